The molecule has 0 saturated heterocycles. The highest BCUT2D eigenvalue weighted by Gasteiger charge is 2.22. The van der Waals surface area contributed by atoms with Gasteiger partial charge in [-0.3, -0.25) is 0 Å². The van der Waals surface area contributed by atoms with Crippen LogP contribution in [0.1, 0.15) is 24.3 Å². The maximum absolute atomic E-state index is 6.25. The summed E-state index contributed by atoms with van der Waals surface area (Å²) in [6, 6.07) is 9.90. The Morgan fingerprint density at radius 1 is 1.32 bits per heavy atom. The number of hydrogen-bond donors (Lipinski definition) is 1. The Morgan fingerprint density at radius 2 is 2.23 bits per heavy atom. The summed E-state index contributed by atoms with van der Waals surface area (Å²) in [6.45, 7) is 4.22. The molecular weight excluding hydrogens is 366 g/mol. The van der Waals surface area contributed by atoms with Gasteiger partial charge >= 0.3 is 0 Å². The number of nitrogens with one attached hydrogen (secondary N) is 1. The normalized spacial score (nSPS) is 14.1. The van der Waals surface area contributed by atoms with Gasteiger partial charge in [-0.15, -0.1) is 11.3 Å². The number of thiophene rings is 1. The van der Waals surface area contributed by atoms with Crippen molar-refractivity contribution in [1.82, 2.24) is 5.32 Å². The van der Waals surface area contributed by atoms with E-state index in [1.807, 2.05) is 18.2 Å². The van der Waals surface area contributed by atoms with Gasteiger partial charge in [0.2, 0.25) is 12.5 Å². The van der Waals surface area contributed by atoms with Crippen molar-refractivity contribution < 1.29 is 14.2 Å². The van der Waals surface area contributed by atoms with Crippen LogP contribution >= 0.6 is 27.3 Å². The molecule has 0 radical (unpaired) electrons. The van der Waals surface area contributed by atoms with Crippen molar-refractivity contribution >= 4 is 27.3 Å². The SMILES string of the molecule is CCNCCC(Oc1cccc2c1OCO2)c1ccc(Br)s1. The standard InChI is InChI=1S/C16H18BrNO3S/c1-2-18-9-8-11(14-6-7-15(17)22-14)21-13-5-3-4-12-16(13)20-10-19-12/h3-7,11,18H,2,8-10H2,1H3. The van der Waals surface area contributed by atoms with Gasteiger partial charge in [0.1, 0.15) is 6.10 Å². The predicted molar refractivity (Wildman–Crippen MR) is 91.1 cm³/mol. The zero-order valence-electron chi connectivity index (χ0n) is 12.3. The van der Waals surface area contributed by atoms with Gasteiger partial charge in [-0.1, -0.05) is 13.0 Å². The Kier molecular flexibility index (Phi) is 5.23. The molecule has 1 N–H and O–H groups in total. The van der Waals surface area contributed by atoms with Gasteiger partial charge in [0, 0.05) is 11.3 Å². The maximum atomic E-state index is 6.25. The van der Waals surface area contributed by atoms with E-state index in [0.717, 1.165) is 34.8 Å². The Morgan fingerprint density at radius 3 is 3.00 bits per heavy atom. The molecule has 1 aromatic heterocycles. The quantitative estimate of drug-likeness (QED) is 0.721. The molecule has 3 rings (SSSR count). The number of hydrogen-bond acceptors (Lipinski definition) is 5. The van der Waals surface area contributed by atoms with E-state index in [2.05, 4.69) is 40.3 Å². The molecule has 0 fully saturated rings. The topological polar surface area (TPSA) is 39.7 Å². The highest BCUT2D eigenvalue weighted by atomic mass is 79.9. The lowest BCUT2D eigenvalue weighted by Gasteiger charge is -2.19. The second kappa shape index (κ2) is 7.35. The summed E-state index contributed by atoms with van der Waals surface area (Å²) in [5, 5.41) is 3.35. The Hall–Kier alpha value is -1.24. The molecule has 1 aliphatic heterocycles. The fourth-order valence-electron chi connectivity index (χ4n) is 2.32. The molecule has 22 heavy (non-hydrogen) atoms. The first kappa shape index (κ1) is 15.6. The molecular formula is C16H18BrNO3S. The molecule has 118 valence electrons. The summed E-state index contributed by atoms with van der Waals surface area (Å²) in [6.07, 6.45) is 0.886. The van der Waals surface area contributed by atoms with Gasteiger partial charge in [-0.2, -0.15) is 0 Å². The Balaban J connectivity index is 1.79. The van der Waals surface area contributed by atoms with Gasteiger partial charge in [0.25, 0.3) is 0 Å². The molecule has 1 atom stereocenters. The van der Waals surface area contributed by atoms with Gasteiger partial charge in [-0.25, -0.2) is 0 Å². The average Bonchev–Trinajstić information content (AvgIpc) is 3.15. The molecule has 0 spiro atoms. The number of halogens is 1. The van der Waals surface area contributed by atoms with Crippen LogP contribution in [0.3, 0.4) is 0 Å². The third-order valence-electron chi connectivity index (χ3n) is 3.37. The minimum absolute atomic E-state index is 0.00829. The fraction of sp³-hybridized carbons (Fsp3) is 0.375. The largest absolute Gasteiger partial charge is 0.481 e. The van der Waals surface area contributed by atoms with Crippen molar-refractivity contribution in [2.45, 2.75) is 19.4 Å². The molecule has 1 aliphatic rings. The summed E-state index contributed by atoms with van der Waals surface area (Å²) in [5.41, 5.74) is 0. The molecule has 6 heteroatoms. The molecule has 0 amide bonds. The van der Waals surface area contributed by atoms with Crippen molar-refractivity contribution in [3.05, 3.63) is 39.0 Å². The molecule has 2 aromatic rings. The van der Waals surface area contributed by atoms with E-state index in [9.17, 15) is 0 Å². The summed E-state index contributed by atoms with van der Waals surface area (Å²) in [5.74, 6) is 2.18. The number of para-hydroxylation sites is 1. The third kappa shape index (κ3) is 3.56. The first-order valence-electron chi connectivity index (χ1n) is 7.29. The van der Waals surface area contributed by atoms with Crippen LogP contribution in [0.5, 0.6) is 17.2 Å². The van der Waals surface area contributed by atoms with Crippen molar-refractivity contribution in [1.29, 1.82) is 0 Å². The minimum Gasteiger partial charge on any atom is -0.481 e. The lowest BCUT2D eigenvalue weighted by molar-refractivity contribution is 0.159. The van der Waals surface area contributed by atoms with E-state index in [4.69, 9.17) is 14.2 Å². The van der Waals surface area contributed by atoms with Crippen molar-refractivity contribution in [3.8, 4) is 17.2 Å². The van der Waals surface area contributed by atoms with E-state index in [-0.39, 0.29) is 12.9 Å². The smallest absolute Gasteiger partial charge is 0.231 e. The second-order valence-corrected chi connectivity index (χ2v) is 7.38. The highest BCUT2D eigenvalue weighted by molar-refractivity contribution is 9.11. The van der Waals surface area contributed by atoms with Crippen LogP contribution in [0, 0.1) is 0 Å². The molecule has 0 bridgehead atoms. The zero-order chi connectivity index (χ0) is 15.4. The van der Waals surface area contributed by atoms with E-state index in [1.54, 1.807) is 11.3 Å². The molecule has 1 aromatic carbocycles. The Labute approximate surface area is 142 Å². The third-order valence-corrected chi connectivity index (χ3v) is 5.09. The molecule has 2 heterocycles. The lowest BCUT2D eigenvalue weighted by Crippen LogP contribution is -2.19. The number of benzene rings is 1. The van der Waals surface area contributed by atoms with Crippen LogP contribution in [0.2, 0.25) is 0 Å². The monoisotopic (exact) mass is 383 g/mol. The van der Waals surface area contributed by atoms with Crippen LogP contribution in [-0.2, 0) is 0 Å². The van der Waals surface area contributed by atoms with E-state index < -0.39 is 0 Å². The van der Waals surface area contributed by atoms with Crippen LogP contribution in [0.15, 0.2) is 34.1 Å². The lowest BCUT2D eigenvalue weighted by atomic mass is 10.2. The summed E-state index contributed by atoms with van der Waals surface area (Å²) in [7, 11) is 0. The zero-order valence-corrected chi connectivity index (χ0v) is 14.7. The average molecular weight is 384 g/mol. The van der Waals surface area contributed by atoms with Gasteiger partial charge in [-0.05, 0) is 53.3 Å². The van der Waals surface area contributed by atoms with Gasteiger partial charge < -0.3 is 19.5 Å². The van der Waals surface area contributed by atoms with Crippen molar-refractivity contribution in [3.63, 3.8) is 0 Å². The highest BCUT2D eigenvalue weighted by Crippen LogP contribution is 2.43. The minimum atomic E-state index is -0.00829. The Bertz CT molecular complexity index is 632. The van der Waals surface area contributed by atoms with Crippen LogP contribution in [0.4, 0.5) is 0 Å². The summed E-state index contributed by atoms with van der Waals surface area (Å²) >= 11 is 5.22. The summed E-state index contributed by atoms with van der Waals surface area (Å²) < 4.78 is 18.3. The van der Waals surface area contributed by atoms with E-state index in [1.165, 1.54) is 4.88 Å². The fourth-order valence-corrected chi connectivity index (χ4v) is 3.81. The molecule has 1 unspecified atom stereocenters. The molecule has 4 nitrogen and oxygen atoms in total. The van der Waals surface area contributed by atoms with E-state index in [0.29, 0.717) is 5.75 Å². The number of fused-ring (bicyclic) bond motifs is 1. The van der Waals surface area contributed by atoms with E-state index >= 15 is 0 Å². The van der Waals surface area contributed by atoms with Gasteiger partial charge in [0.05, 0.1) is 3.79 Å². The first-order chi connectivity index (χ1) is 10.8. The van der Waals surface area contributed by atoms with Crippen molar-refractivity contribution in [2.24, 2.45) is 0 Å². The first-order valence-corrected chi connectivity index (χ1v) is 8.90. The van der Waals surface area contributed by atoms with Crippen LogP contribution < -0.4 is 19.5 Å². The number of ether oxygens (including phenoxy) is 3. The maximum Gasteiger partial charge on any atom is 0.231 e. The van der Waals surface area contributed by atoms with Gasteiger partial charge in [0.15, 0.2) is 11.5 Å². The van der Waals surface area contributed by atoms with Crippen LogP contribution in [0.25, 0.3) is 0 Å². The van der Waals surface area contributed by atoms with Crippen LogP contribution in [-0.4, -0.2) is 19.9 Å². The summed E-state index contributed by atoms with van der Waals surface area (Å²) in [4.78, 5) is 1.20. The van der Waals surface area contributed by atoms with Crippen molar-refractivity contribution in [2.75, 3.05) is 19.9 Å². The predicted octanol–water partition coefficient (Wildman–Crippen LogP) is 4.36. The number of rotatable bonds is 7. The second-order valence-electron chi connectivity index (χ2n) is 4.88. The molecule has 0 aliphatic carbocycles. The molecule has 0 saturated carbocycles.